The van der Waals surface area contributed by atoms with Crippen molar-refractivity contribution in [3.63, 3.8) is 0 Å². The number of hydrazone groups is 1. The van der Waals surface area contributed by atoms with Gasteiger partial charge >= 0.3 is 6.18 Å². The van der Waals surface area contributed by atoms with Gasteiger partial charge in [-0.15, -0.1) is 0 Å². The molecular formula is C14H10ClF4N3O. The molecule has 9 heteroatoms. The van der Waals surface area contributed by atoms with Gasteiger partial charge in [0.05, 0.1) is 23.9 Å². The second kappa shape index (κ2) is 6.82. The monoisotopic (exact) mass is 347 g/mol. The normalized spacial score (nSPS) is 11.7. The molecule has 2 aromatic rings. The van der Waals surface area contributed by atoms with Crippen LogP contribution in [0.2, 0.25) is 5.02 Å². The maximum Gasteiger partial charge on any atom is 0.417 e. The first-order valence-corrected chi connectivity index (χ1v) is 6.54. The number of benzene rings is 1. The largest absolute Gasteiger partial charge is 0.494 e. The van der Waals surface area contributed by atoms with Gasteiger partial charge in [-0.05, 0) is 29.8 Å². The summed E-state index contributed by atoms with van der Waals surface area (Å²) in [6, 6.07) is 4.89. The summed E-state index contributed by atoms with van der Waals surface area (Å²) >= 11 is 5.71. The van der Waals surface area contributed by atoms with E-state index in [2.05, 4.69) is 15.5 Å². The number of hydrogen-bond acceptors (Lipinski definition) is 4. The van der Waals surface area contributed by atoms with Crippen molar-refractivity contribution in [3.8, 4) is 5.75 Å². The average molecular weight is 348 g/mol. The molecule has 0 aliphatic carbocycles. The lowest BCUT2D eigenvalue weighted by Crippen LogP contribution is -2.06. The Bertz CT molecular complexity index is 734. The maximum absolute atomic E-state index is 13.5. The molecule has 0 aliphatic rings. The number of hydrogen-bond donors (Lipinski definition) is 1. The predicted octanol–water partition coefficient (Wildman–Crippen LogP) is 4.35. The van der Waals surface area contributed by atoms with Gasteiger partial charge < -0.3 is 4.74 Å². The Kier molecular flexibility index (Phi) is 5.05. The first-order chi connectivity index (χ1) is 10.8. The molecule has 1 aromatic heterocycles. The molecule has 0 spiro atoms. The van der Waals surface area contributed by atoms with Gasteiger partial charge in [0, 0.05) is 6.20 Å². The van der Waals surface area contributed by atoms with Crippen LogP contribution in [-0.4, -0.2) is 18.3 Å². The molecule has 0 aliphatic heterocycles. The highest BCUT2D eigenvalue weighted by molar-refractivity contribution is 6.32. The number of nitrogens with one attached hydrogen (secondary N) is 1. The number of nitrogens with zero attached hydrogens (tertiary/aromatic N) is 2. The molecule has 0 unspecified atom stereocenters. The number of ether oxygens (including phenoxy) is 1. The molecule has 1 aromatic carbocycles. The van der Waals surface area contributed by atoms with E-state index in [0.29, 0.717) is 11.8 Å². The van der Waals surface area contributed by atoms with Gasteiger partial charge in [0.1, 0.15) is 0 Å². The zero-order chi connectivity index (χ0) is 17.0. The Morgan fingerprint density at radius 1 is 1.30 bits per heavy atom. The number of halogens is 5. The Balaban J connectivity index is 2.10. The van der Waals surface area contributed by atoms with E-state index in [1.807, 2.05) is 0 Å². The van der Waals surface area contributed by atoms with Crippen molar-refractivity contribution >= 4 is 23.6 Å². The van der Waals surface area contributed by atoms with Crippen molar-refractivity contribution in [3.05, 3.63) is 52.4 Å². The van der Waals surface area contributed by atoms with Gasteiger partial charge in [-0.1, -0.05) is 11.6 Å². The van der Waals surface area contributed by atoms with Gasteiger partial charge in [-0.2, -0.15) is 18.3 Å². The van der Waals surface area contributed by atoms with Crippen molar-refractivity contribution in [1.82, 2.24) is 4.98 Å². The van der Waals surface area contributed by atoms with E-state index in [1.165, 1.54) is 25.5 Å². The standard InChI is InChI=1S/C14H10ClF4N3O/c1-23-12-3-2-8(4-11(12)16)6-21-22-13-10(15)5-9(7-20-13)14(17,18)19/h2-7H,1H3,(H,20,22)/b21-6-. The van der Waals surface area contributed by atoms with Crippen molar-refractivity contribution in [1.29, 1.82) is 0 Å². The second-order valence-corrected chi connectivity index (χ2v) is 4.72. The summed E-state index contributed by atoms with van der Waals surface area (Å²) in [5.41, 5.74) is 1.85. The number of aromatic nitrogens is 1. The summed E-state index contributed by atoms with van der Waals surface area (Å²) in [6.07, 6.45) is -2.63. The minimum atomic E-state index is -4.53. The van der Waals surface area contributed by atoms with Gasteiger partial charge in [0.25, 0.3) is 0 Å². The van der Waals surface area contributed by atoms with E-state index in [4.69, 9.17) is 16.3 Å². The topological polar surface area (TPSA) is 46.5 Å². The lowest BCUT2D eigenvalue weighted by molar-refractivity contribution is -0.137. The van der Waals surface area contributed by atoms with Crippen molar-refractivity contribution in [2.24, 2.45) is 5.10 Å². The first kappa shape index (κ1) is 17.0. The molecule has 2 rings (SSSR count). The van der Waals surface area contributed by atoms with E-state index in [-0.39, 0.29) is 16.6 Å². The number of pyridine rings is 1. The average Bonchev–Trinajstić information content (AvgIpc) is 2.48. The third-order valence-corrected chi connectivity index (χ3v) is 3.02. The van der Waals surface area contributed by atoms with E-state index < -0.39 is 17.6 Å². The Labute approximate surface area is 133 Å². The summed E-state index contributed by atoms with van der Waals surface area (Å²) in [5.74, 6) is -0.533. The number of rotatable bonds is 4. The maximum atomic E-state index is 13.5. The summed E-state index contributed by atoms with van der Waals surface area (Å²) in [4.78, 5) is 3.55. The van der Waals surface area contributed by atoms with Crippen LogP contribution in [0, 0.1) is 5.82 Å². The van der Waals surface area contributed by atoms with Crippen LogP contribution in [0.15, 0.2) is 35.6 Å². The molecule has 0 saturated heterocycles. The van der Waals surface area contributed by atoms with Crippen LogP contribution in [0.1, 0.15) is 11.1 Å². The fourth-order valence-electron chi connectivity index (χ4n) is 1.61. The molecule has 0 saturated carbocycles. The Morgan fingerprint density at radius 3 is 2.61 bits per heavy atom. The van der Waals surface area contributed by atoms with Crippen molar-refractivity contribution < 1.29 is 22.3 Å². The molecule has 4 nitrogen and oxygen atoms in total. The molecule has 122 valence electrons. The molecule has 1 N–H and O–H groups in total. The first-order valence-electron chi connectivity index (χ1n) is 6.16. The lowest BCUT2D eigenvalue weighted by atomic mass is 10.2. The summed E-state index contributed by atoms with van der Waals surface area (Å²) < 4.78 is 55.7. The van der Waals surface area contributed by atoms with E-state index >= 15 is 0 Å². The molecule has 1 heterocycles. The smallest absolute Gasteiger partial charge is 0.417 e. The van der Waals surface area contributed by atoms with Crippen LogP contribution < -0.4 is 10.2 Å². The third kappa shape index (κ3) is 4.32. The fraction of sp³-hybridized carbons (Fsp3) is 0.143. The van der Waals surface area contributed by atoms with Crippen LogP contribution in [-0.2, 0) is 6.18 Å². The molecule has 0 atom stereocenters. The molecular weight excluding hydrogens is 338 g/mol. The van der Waals surface area contributed by atoms with E-state index in [0.717, 1.165) is 6.07 Å². The highest BCUT2D eigenvalue weighted by Gasteiger charge is 2.31. The van der Waals surface area contributed by atoms with Gasteiger partial charge in [0.2, 0.25) is 0 Å². The Hall–Kier alpha value is -2.35. The second-order valence-electron chi connectivity index (χ2n) is 4.32. The summed E-state index contributed by atoms with van der Waals surface area (Å²) in [5, 5.41) is 3.51. The predicted molar refractivity (Wildman–Crippen MR) is 78.4 cm³/mol. The minimum absolute atomic E-state index is 0.0510. The molecule has 0 bridgehead atoms. The molecule has 23 heavy (non-hydrogen) atoms. The highest BCUT2D eigenvalue weighted by Crippen LogP contribution is 2.32. The third-order valence-electron chi connectivity index (χ3n) is 2.73. The minimum Gasteiger partial charge on any atom is -0.494 e. The van der Waals surface area contributed by atoms with Gasteiger partial charge in [0.15, 0.2) is 17.4 Å². The fourth-order valence-corrected chi connectivity index (χ4v) is 1.81. The van der Waals surface area contributed by atoms with E-state index in [9.17, 15) is 17.6 Å². The number of anilines is 1. The van der Waals surface area contributed by atoms with Crippen LogP contribution in [0.5, 0.6) is 5.75 Å². The van der Waals surface area contributed by atoms with Gasteiger partial charge in [-0.25, -0.2) is 9.37 Å². The lowest BCUT2D eigenvalue weighted by Gasteiger charge is -2.08. The van der Waals surface area contributed by atoms with Crippen LogP contribution >= 0.6 is 11.6 Å². The highest BCUT2D eigenvalue weighted by atomic mass is 35.5. The van der Waals surface area contributed by atoms with E-state index in [1.54, 1.807) is 6.07 Å². The Morgan fingerprint density at radius 2 is 2.04 bits per heavy atom. The van der Waals surface area contributed by atoms with Crippen LogP contribution in [0.4, 0.5) is 23.4 Å². The molecule has 0 amide bonds. The summed E-state index contributed by atoms with van der Waals surface area (Å²) in [6.45, 7) is 0. The number of alkyl halides is 3. The summed E-state index contributed by atoms with van der Waals surface area (Å²) in [7, 11) is 1.34. The molecule has 0 fully saturated rings. The zero-order valence-electron chi connectivity index (χ0n) is 11.7. The quantitative estimate of drug-likeness (QED) is 0.508. The van der Waals surface area contributed by atoms with Crippen molar-refractivity contribution in [2.45, 2.75) is 6.18 Å². The molecule has 0 radical (unpaired) electrons. The number of methoxy groups -OCH3 is 1. The SMILES string of the molecule is COc1ccc(/C=N\Nc2ncc(C(F)(F)F)cc2Cl)cc1F. The van der Waals surface area contributed by atoms with Crippen LogP contribution in [0.25, 0.3) is 0 Å². The van der Waals surface area contributed by atoms with Gasteiger partial charge in [-0.3, -0.25) is 5.43 Å². The zero-order valence-corrected chi connectivity index (χ0v) is 12.4. The van der Waals surface area contributed by atoms with Crippen molar-refractivity contribution in [2.75, 3.05) is 12.5 Å². The van der Waals surface area contributed by atoms with Crippen LogP contribution in [0.3, 0.4) is 0 Å².